The summed E-state index contributed by atoms with van der Waals surface area (Å²) in [5.41, 5.74) is 6.75. The molecule has 0 aromatic heterocycles. The van der Waals surface area contributed by atoms with E-state index in [0.29, 0.717) is 25.4 Å². The molecule has 0 N–H and O–H groups in total. The lowest BCUT2D eigenvalue weighted by Crippen LogP contribution is -2.47. The SMILES string of the molecule is CC1=CCC2C(=O)N(CC#CCN3CCN(C4c5ccccc5-c5ccccc54)CC3)C(=O)C2C1. The third kappa shape index (κ3) is 3.91. The highest BCUT2D eigenvalue weighted by atomic mass is 16.2. The van der Waals surface area contributed by atoms with Crippen LogP contribution in [0.25, 0.3) is 11.1 Å². The molecule has 2 saturated heterocycles. The van der Waals surface area contributed by atoms with E-state index in [2.05, 4.69) is 76.2 Å². The predicted octanol–water partition coefficient (Wildman–Crippen LogP) is 3.72. The predicted molar refractivity (Wildman–Crippen MR) is 136 cm³/mol. The highest BCUT2D eigenvalue weighted by Crippen LogP contribution is 2.46. The maximum absolute atomic E-state index is 12.7. The zero-order valence-electron chi connectivity index (χ0n) is 20.2. The number of fused-ring (bicyclic) bond motifs is 4. The summed E-state index contributed by atoms with van der Waals surface area (Å²) in [5.74, 6) is 5.92. The highest BCUT2D eigenvalue weighted by molar-refractivity contribution is 6.05. The molecule has 2 aromatic rings. The number of piperazine rings is 1. The molecule has 0 saturated carbocycles. The largest absolute Gasteiger partial charge is 0.290 e. The Morgan fingerprint density at radius 3 is 2.09 bits per heavy atom. The van der Waals surface area contributed by atoms with Crippen LogP contribution in [0.2, 0.25) is 0 Å². The molecule has 0 radical (unpaired) electrons. The van der Waals surface area contributed by atoms with E-state index in [1.165, 1.54) is 32.7 Å². The monoisotopic (exact) mass is 465 g/mol. The standard InChI is InChI=1S/C30H31N3O2/c1-21-12-13-26-27(20-21)30(35)33(29(26)34)15-7-6-14-31-16-18-32(19-17-31)28-24-10-4-2-8-22(24)23-9-3-5-11-25(23)28/h2-5,8-12,26-28H,13-20H2,1H3. The molecule has 0 spiro atoms. The first-order valence-electron chi connectivity index (χ1n) is 12.7. The number of hydrogen-bond donors (Lipinski definition) is 0. The molecule has 2 fully saturated rings. The summed E-state index contributed by atoms with van der Waals surface area (Å²) in [6.45, 7) is 6.86. The number of benzene rings is 2. The molecule has 5 nitrogen and oxygen atoms in total. The summed E-state index contributed by atoms with van der Waals surface area (Å²) in [7, 11) is 0. The van der Waals surface area contributed by atoms with Crippen LogP contribution < -0.4 is 0 Å². The lowest BCUT2D eigenvalue weighted by molar-refractivity contribution is -0.139. The van der Waals surface area contributed by atoms with Crippen LogP contribution in [0.3, 0.4) is 0 Å². The number of carbonyl (C=O) groups is 2. The molecular weight excluding hydrogens is 434 g/mol. The second kappa shape index (κ2) is 9.11. The van der Waals surface area contributed by atoms with Crippen molar-refractivity contribution in [2.24, 2.45) is 11.8 Å². The van der Waals surface area contributed by atoms with Gasteiger partial charge in [-0.1, -0.05) is 72.0 Å². The van der Waals surface area contributed by atoms with E-state index in [-0.39, 0.29) is 30.2 Å². The van der Waals surface area contributed by atoms with Crippen LogP contribution in [0.4, 0.5) is 0 Å². The van der Waals surface area contributed by atoms with E-state index < -0.39 is 0 Å². The fourth-order valence-corrected chi connectivity index (χ4v) is 6.27. The first-order valence-corrected chi connectivity index (χ1v) is 12.7. The van der Waals surface area contributed by atoms with Crippen LogP contribution in [-0.4, -0.2) is 65.8 Å². The van der Waals surface area contributed by atoms with Gasteiger partial charge < -0.3 is 0 Å². The number of carbonyl (C=O) groups excluding carboxylic acids is 2. The van der Waals surface area contributed by atoms with E-state index in [1.807, 2.05) is 6.92 Å². The molecule has 0 bridgehead atoms. The van der Waals surface area contributed by atoms with Crippen LogP contribution in [-0.2, 0) is 9.59 Å². The van der Waals surface area contributed by atoms with Crippen molar-refractivity contribution < 1.29 is 9.59 Å². The van der Waals surface area contributed by atoms with Gasteiger partial charge in [-0.3, -0.25) is 24.3 Å². The van der Waals surface area contributed by atoms with Gasteiger partial charge in [0.15, 0.2) is 0 Å². The molecule has 178 valence electrons. The van der Waals surface area contributed by atoms with E-state index >= 15 is 0 Å². The first-order chi connectivity index (χ1) is 17.1. The fraction of sp³-hybridized carbons (Fsp3) is 0.400. The van der Waals surface area contributed by atoms with Crippen molar-refractivity contribution in [2.45, 2.75) is 25.8 Å². The van der Waals surface area contributed by atoms with Gasteiger partial charge in [-0.05, 0) is 42.0 Å². The van der Waals surface area contributed by atoms with E-state index in [9.17, 15) is 9.59 Å². The van der Waals surface area contributed by atoms with Crippen molar-refractivity contribution >= 4 is 11.8 Å². The third-order valence-corrected chi connectivity index (χ3v) is 8.15. The van der Waals surface area contributed by atoms with Crippen molar-refractivity contribution in [2.75, 3.05) is 39.3 Å². The number of nitrogens with zero attached hydrogens (tertiary/aromatic N) is 3. The summed E-state index contributed by atoms with van der Waals surface area (Å²) in [5, 5.41) is 0. The zero-order valence-corrected chi connectivity index (χ0v) is 20.2. The van der Waals surface area contributed by atoms with Crippen molar-refractivity contribution in [1.82, 2.24) is 14.7 Å². The minimum absolute atomic E-state index is 0.0347. The average Bonchev–Trinajstić information content (AvgIpc) is 3.34. The smallest absolute Gasteiger partial charge is 0.234 e. The molecule has 2 heterocycles. The highest BCUT2D eigenvalue weighted by Gasteiger charge is 2.47. The Labute approximate surface area is 207 Å². The molecule has 2 amide bonds. The molecule has 2 aliphatic heterocycles. The van der Waals surface area contributed by atoms with Crippen molar-refractivity contribution in [3.8, 4) is 23.0 Å². The van der Waals surface area contributed by atoms with E-state index in [4.69, 9.17) is 0 Å². The lowest BCUT2D eigenvalue weighted by Gasteiger charge is -2.38. The van der Waals surface area contributed by atoms with Crippen molar-refractivity contribution in [3.05, 3.63) is 71.3 Å². The van der Waals surface area contributed by atoms with Gasteiger partial charge >= 0.3 is 0 Å². The minimum atomic E-state index is -0.174. The normalized spacial score (nSPS) is 24.5. The Hall–Kier alpha value is -3.20. The molecule has 2 unspecified atom stereocenters. The van der Waals surface area contributed by atoms with Crippen LogP contribution >= 0.6 is 0 Å². The summed E-state index contributed by atoms with van der Waals surface area (Å²) in [6, 6.07) is 17.9. The second-order valence-electron chi connectivity index (χ2n) is 10.2. The van der Waals surface area contributed by atoms with Gasteiger partial charge in [-0.25, -0.2) is 0 Å². The summed E-state index contributed by atoms with van der Waals surface area (Å²) >= 11 is 0. The Morgan fingerprint density at radius 1 is 0.800 bits per heavy atom. The van der Waals surface area contributed by atoms with Gasteiger partial charge in [0.2, 0.25) is 11.8 Å². The number of rotatable bonds is 3. The van der Waals surface area contributed by atoms with E-state index in [0.717, 1.165) is 26.2 Å². The minimum Gasteiger partial charge on any atom is -0.290 e. The van der Waals surface area contributed by atoms with Crippen LogP contribution in [0.1, 0.15) is 36.9 Å². The Kier molecular flexibility index (Phi) is 5.80. The van der Waals surface area contributed by atoms with Gasteiger partial charge in [0, 0.05) is 26.2 Å². The molecule has 4 aliphatic rings. The fourth-order valence-electron chi connectivity index (χ4n) is 6.27. The van der Waals surface area contributed by atoms with Crippen molar-refractivity contribution in [1.29, 1.82) is 0 Å². The zero-order chi connectivity index (χ0) is 23.9. The Bertz CT molecular complexity index is 1220. The van der Waals surface area contributed by atoms with Crippen LogP contribution in [0.5, 0.6) is 0 Å². The molecule has 5 heteroatoms. The number of hydrogen-bond acceptors (Lipinski definition) is 4. The molecule has 2 aromatic carbocycles. The molecule has 6 rings (SSSR count). The van der Waals surface area contributed by atoms with E-state index in [1.54, 1.807) is 0 Å². The number of allylic oxidation sites excluding steroid dienone is 2. The topological polar surface area (TPSA) is 43.9 Å². The van der Waals surface area contributed by atoms with Gasteiger partial charge in [0.1, 0.15) is 0 Å². The van der Waals surface area contributed by atoms with Crippen LogP contribution in [0.15, 0.2) is 60.2 Å². The molecule has 2 atom stereocenters. The van der Waals surface area contributed by atoms with Crippen LogP contribution in [0, 0.1) is 23.7 Å². The summed E-state index contributed by atoms with van der Waals surface area (Å²) in [4.78, 5) is 31.8. The van der Waals surface area contributed by atoms with Gasteiger partial charge in [-0.15, -0.1) is 0 Å². The Balaban J connectivity index is 1.05. The second-order valence-corrected chi connectivity index (χ2v) is 10.2. The maximum atomic E-state index is 12.7. The lowest BCUT2D eigenvalue weighted by atomic mass is 9.82. The molecular formula is C30H31N3O2. The number of amides is 2. The average molecular weight is 466 g/mol. The molecule has 2 aliphatic carbocycles. The van der Waals surface area contributed by atoms with Crippen molar-refractivity contribution in [3.63, 3.8) is 0 Å². The number of imide groups is 1. The quantitative estimate of drug-likeness (QED) is 0.394. The summed E-state index contributed by atoms with van der Waals surface area (Å²) < 4.78 is 0. The van der Waals surface area contributed by atoms with Gasteiger partial charge in [-0.2, -0.15) is 0 Å². The Morgan fingerprint density at radius 2 is 1.40 bits per heavy atom. The molecule has 35 heavy (non-hydrogen) atoms. The third-order valence-electron chi connectivity index (χ3n) is 8.15. The van der Waals surface area contributed by atoms with Gasteiger partial charge in [0.25, 0.3) is 0 Å². The first kappa shape index (κ1) is 22.3. The summed E-state index contributed by atoms with van der Waals surface area (Å²) in [6.07, 6.45) is 3.49. The number of likely N-dealkylation sites (tertiary alicyclic amines) is 1. The maximum Gasteiger partial charge on any atom is 0.234 e. The van der Waals surface area contributed by atoms with Gasteiger partial charge in [0.05, 0.1) is 31.0 Å².